The summed E-state index contributed by atoms with van der Waals surface area (Å²) in [6.07, 6.45) is 3.83. The molecular weight excluding hydrogens is 1640 g/mol. The average molecular weight is 1740 g/mol. The first-order chi connectivity index (χ1) is 61.1. The zero-order valence-corrected chi connectivity index (χ0v) is 75.7. The number of aliphatic hydroxyl groups excluding tert-OH is 2. The zero-order chi connectivity index (χ0) is 89.9. The Kier molecular flexibility index (Phi) is 27.4. The van der Waals surface area contributed by atoms with Crippen LogP contribution in [0.25, 0.3) is 76.2 Å². The Bertz CT molecular complexity index is 7570. The van der Waals surface area contributed by atoms with Crippen LogP contribution in [-0.2, 0) is 42.8 Å². The summed E-state index contributed by atoms with van der Waals surface area (Å²) in [4.78, 5) is 104. The molecule has 0 radical (unpaired) electrons. The number of aliphatic hydroxyl groups is 2. The van der Waals surface area contributed by atoms with Gasteiger partial charge >= 0.3 is 40.2 Å². The van der Waals surface area contributed by atoms with Crippen LogP contribution in [0.4, 0.5) is 40.6 Å². The van der Waals surface area contributed by atoms with Gasteiger partial charge in [0.05, 0.1) is 52.0 Å². The van der Waals surface area contributed by atoms with Crippen LogP contribution in [0.2, 0.25) is 0 Å². The maximum Gasteiger partial charge on any atom is 1.00 e. The van der Waals surface area contributed by atoms with E-state index in [-0.39, 0.29) is 95.2 Å². The van der Waals surface area contributed by atoms with Gasteiger partial charge in [0.25, 0.3) is 0 Å². The molecule has 0 saturated carbocycles. The van der Waals surface area contributed by atoms with Crippen molar-refractivity contribution in [1.82, 2.24) is 35.2 Å². The first-order valence-electron chi connectivity index (χ1n) is 42.0. The van der Waals surface area contributed by atoms with Crippen molar-refractivity contribution < 1.29 is 71.9 Å². The molecule has 4 aromatic heterocycles. The third-order valence-corrected chi connectivity index (χ3v) is 23.3. The summed E-state index contributed by atoms with van der Waals surface area (Å²) in [5.74, 6) is 1.26. The number of azo groups is 1. The second-order valence-corrected chi connectivity index (χ2v) is 32.7. The molecule has 16 aromatic rings. The van der Waals surface area contributed by atoms with Crippen molar-refractivity contribution >= 4 is 145 Å². The molecule has 4 heterocycles. The largest absolute Gasteiger partial charge is 1.00 e. The number of fused-ring (bicyclic) bond motifs is 13. The number of nitrogens with two attached hydrogens (primary N) is 1. The molecule has 12 aromatic carbocycles. The Hall–Kier alpha value is -13.6. The molecule has 19 rings (SSSR count). The van der Waals surface area contributed by atoms with Crippen molar-refractivity contribution in [3.05, 3.63) is 329 Å². The summed E-state index contributed by atoms with van der Waals surface area (Å²) in [6.45, 7) is 22.8. The fraction of sp³-hybridized carbons (Fsp3) is 0.218. The summed E-state index contributed by atoms with van der Waals surface area (Å²) >= 11 is 0. The minimum atomic E-state index is -3.11. The molecule has 27 heteroatoms. The van der Waals surface area contributed by atoms with Crippen molar-refractivity contribution in [2.75, 3.05) is 60.7 Å². The molecule has 0 spiro atoms. The average Bonchev–Trinajstić information content (AvgIpc) is 0.746. The molecule has 0 fully saturated rings. The maximum atomic E-state index is 13.3. The molecule has 3 aliphatic carbocycles. The number of hydrogen-bond donors (Lipinski definition) is 10. The van der Waals surface area contributed by atoms with E-state index >= 15 is 0 Å². The number of aromatic hydroxyl groups is 1. The molecule has 0 atom stereocenters. The Morgan fingerprint density at radius 3 is 1.45 bits per heavy atom. The minimum absolute atomic E-state index is 0. The monoisotopic (exact) mass is 1740 g/mol. The van der Waals surface area contributed by atoms with Gasteiger partial charge in [-0.3, -0.25) is 24.0 Å². The number of nitrogens with zero attached hydrogens (tertiary/aromatic N) is 6. The van der Waals surface area contributed by atoms with E-state index in [1.807, 2.05) is 201 Å². The molecule has 0 unspecified atom stereocenters. The summed E-state index contributed by atoms with van der Waals surface area (Å²) in [5, 5.41) is 53.3. The standard InChI is InChI=1S/C28H35N9O3.C26H24N2O2.C25H21NO2.C22H14NO2.Na.O3S/c1-4-9-30-26-32-27(34-28(33-26)37(10-12-38)11-13-39)31-20-6-8-22(18(3)16-20)35-36-25-21(29)7-5-19-14-17(2)15-23(40)24(19)25;1-4-27-13-18-11-23-21(8-15(18)3)26(30)22-10-17-9-16-6-5-14(2)7-19(16)25(29)20(17)12-24(22)28-23;1-4-15-11-22-20(8-14(15)3)25(28)21-10-17-9-16-6-5-13(2)7-18(16)24(27)19(17)12-23(21)26-22;1-12-6-7-13-9-14-10-18-20(11-17(14)22(25)16(13)8-12)23-19-5-3-2-4-15(19)21(18)24;;1-4(2)3/h5-8,14-16,38-40H,4,9-13,29H2,1-3H3,(H2,30,31,32,33,34);5-8,10-12,27H,4,9,13H2,1-3H3,(H,28,30);5-8,10-12H,4,9H2,1-3H3,(H,26,28);3-8,10-11H,9H2,1H3,(H,23,24);;/q;;;-1;+1;. The van der Waals surface area contributed by atoms with E-state index in [4.69, 9.17) is 18.4 Å². The summed E-state index contributed by atoms with van der Waals surface area (Å²) in [5.41, 5.74) is 32.8. The number of phenolic OH excluding ortho intramolecular Hbond substituents is 1. The second-order valence-electron chi connectivity index (χ2n) is 32.3. The minimum Gasteiger partial charge on any atom is -0.507 e. The van der Waals surface area contributed by atoms with Gasteiger partial charge in [-0.1, -0.05) is 96.9 Å². The smallest absolute Gasteiger partial charge is 0.507 e. The second kappa shape index (κ2) is 38.7. The number of nitrogen functional groups attached to an aromatic ring is 1. The molecule has 25 nitrogen and oxygen atoms in total. The van der Waals surface area contributed by atoms with Crippen molar-refractivity contribution in [3.63, 3.8) is 0 Å². The van der Waals surface area contributed by atoms with E-state index < -0.39 is 10.6 Å². The fourth-order valence-electron chi connectivity index (χ4n) is 16.8. The van der Waals surface area contributed by atoms with Crippen LogP contribution in [0.5, 0.6) is 5.75 Å². The van der Waals surface area contributed by atoms with Crippen molar-refractivity contribution in [3.8, 4) is 5.75 Å². The molecule has 128 heavy (non-hydrogen) atoms. The van der Waals surface area contributed by atoms with Gasteiger partial charge in [-0.05, 0) is 268 Å². The first-order valence-corrected chi connectivity index (χ1v) is 43.0. The van der Waals surface area contributed by atoms with Gasteiger partial charge in [-0.25, -0.2) is 0 Å². The summed E-state index contributed by atoms with van der Waals surface area (Å²) in [6, 6.07) is 58.4. The SMILES string of the molecule is CCCNc1nc(Nc2ccc(N=Nc3c(N)ccc4cc(C)cc(O)c34)c(C)c2)nc(N(CCO)CCO)n1.CCNCc1cc2[nH]c3cc4c(cc3c(=O)c2cc1C)Cc1ccc(C)cc1C4=O.CCc1cc2[nH]c3cc4c(cc3c(=O)c2cc1C)Cc1ccc(C)cc1C4=O.Cc1ccc2c(c1)C(=O)c1cc3[nH]c4cc[c-]cc4c(=O)c3cc1C2.O=S(=O)=O.[Na+]. The van der Waals surface area contributed by atoms with Gasteiger partial charge in [-0.2, -0.15) is 38.3 Å². The van der Waals surface area contributed by atoms with Gasteiger partial charge in [0.15, 0.2) is 28.2 Å². The first kappa shape index (κ1) is 90.7. The Morgan fingerprint density at radius 2 is 0.953 bits per heavy atom. The summed E-state index contributed by atoms with van der Waals surface area (Å²) < 4.78 is 25.3. The topological polar surface area (TPSA) is 390 Å². The molecule has 0 amide bonds. The maximum absolute atomic E-state index is 13.3. The number of pyridine rings is 3. The number of ketones is 3. The number of H-pyrrole nitrogens is 3. The number of carbonyl (C=O) groups excluding carboxylic acids is 3. The Balaban J connectivity index is 0.000000137. The number of hydrogen-bond acceptors (Lipinski definition) is 22. The number of aryl methyl sites for hydroxylation is 8. The van der Waals surface area contributed by atoms with Gasteiger partial charge in [-0.15, -0.1) is 23.8 Å². The Labute approximate surface area is 760 Å². The van der Waals surface area contributed by atoms with E-state index in [0.717, 1.165) is 154 Å². The van der Waals surface area contributed by atoms with Gasteiger partial charge < -0.3 is 61.6 Å². The molecular formula is C101H94N13NaO12S. The molecule has 0 bridgehead atoms. The molecule has 0 saturated heterocycles. The van der Waals surface area contributed by atoms with Gasteiger partial charge in [0.1, 0.15) is 16.9 Å². The number of aromatic amines is 3. The van der Waals surface area contributed by atoms with Crippen molar-refractivity contribution in [1.29, 1.82) is 0 Å². The third-order valence-electron chi connectivity index (χ3n) is 23.3. The van der Waals surface area contributed by atoms with Crippen LogP contribution < -0.4 is 72.4 Å². The number of phenols is 1. The number of benzene rings is 12. The van der Waals surface area contributed by atoms with Crippen LogP contribution >= 0.6 is 0 Å². The van der Waals surface area contributed by atoms with Crippen LogP contribution in [0.1, 0.15) is 158 Å². The molecule has 11 N–H and O–H groups in total. The van der Waals surface area contributed by atoms with E-state index in [0.29, 0.717) is 126 Å². The van der Waals surface area contributed by atoms with E-state index in [2.05, 4.69) is 82.1 Å². The molecule has 3 aliphatic rings. The predicted octanol–water partition coefficient (Wildman–Crippen LogP) is 14.2. The zero-order valence-electron chi connectivity index (χ0n) is 72.9. The number of carbonyl (C=O) groups is 3. The van der Waals surface area contributed by atoms with E-state index in [9.17, 15) is 44.1 Å². The number of anilines is 5. The van der Waals surface area contributed by atoms with E-state index in [1.165, 1.54) is 5.56 Å². The molecule has 0 aliphatic heterocycles. The third kappa shape index (κ3) is 18.9. The van der Waals surface area contributed by atoms with Crippen LogP contribution in [0.15, 0.2) is 201 Å². The van der Waals surface area contributed by atoms with Crippen LogP contribution in [0, 0.1) is 54.5 Å². The van der Waals surface area contributed by atoms with Crippen LogP contribution in [0.3, 0.4) is 0 Å². The quantitative estimate of drug-likeness (QED) is 0.0141. The fourth-order valence-corrected chi connectivity index (χ4v) is 16.8. The molecule has 642 valence electrons. The number of rotatable bonds is 16. The van der Waals surface area contributed by atoms with Gasteiger partial charge in [0, 0.05) is 97.7 Å². The van der Waals surface area contributed by atoms with E-state index in [1.54, 1.807) is 29.2 Å². The van der Waals surface area contributed by atoms with Crippen molar-refractivity contribution in [2.45, 2.75) is 108 Å². The normalized spacial score (nSPS) is 12.2. The van der Waals surface area contributed by atoms with Crippen molar-refractivity contribution in [2.24, 2.45) is 10.2 Å². The van der Waals surface area contributed by atoms with Gasteiger partial charge in [0.2, 0.25) is 17.8 Å². The summed E-state index contributed by atoms with van der Waals surface area (Å²) in [7, 11) is -3.11. The predicted molar refractivity (Wildman–Crippen MR) is 502 cm³/mol. The number of nitrogens with one attached hydrogen (secondary N) is 6. The van der Waals surface area contributed by atoms with Crippen LogP contribution in [-0.4, -0.2) is 115 Å². The Morgan fingerprint density at radius 1 is 0.484 bits per heavy atom. The number of aromatic nitrogens is 6.